The summed E-state index contributed by atoms with van der Waals surface area (Å²) in [5.41, 5.74) is 0. The molecule has 0 radical (unpaired) electrons. The standard InChI is InChI=1S/C10H22N2O.2C2H6/c1-2-3-4-11-5-7-12(8-6-11)9-10-13;2*1-2/h13H,2-10H2,1H3;2*1-2H3. The van der Waals surface area contributed by atoms with Gasteiger partial charge in [0.15, 0.2) is 0 Å². The lowest BCUT2D eigenvalue weighted by molar-refractivity contribution is 0.112. The van der Waals surface area contributed by atoms with E-state index in [9.17, 15) is 0 Å². The van der Waals surface area contributed by atoms with E-state index < -0.39 is 0 Å². The molecule has 0 atom stereocenters. The molecule has 0 aromatic rings. The van der Waals surface area contributed by atoms with Gasteiger partial charge < -0.3 is 10.0 Å². The lowest BCUT2D eigenvalue weighted by atomic mass is 10.2. The average molecular weight is 246 g/mol. The van der Waals surface area contributed by atoms with E-state index in [1.807, 2.05) is 27.7 Å². The van der Waals surface area contributed by atoms with Gasteiger partial charge in [0.1, 0.15) is 0 Å². The van der Waals surface area contributed by atoms with Gasteiger partial charge >= 0.3 is 0 Å². The number of aliphatic hydroxyl groups excluding tert-OH is 1. The smallest absolute Gasteiger partial charge is 0.0558 e. The maximum Gasteiger partial charge on any atom is 0.0558 e. The molecule has 0 aromatic carbocycles. The molecule has 0 aromatic heterocycles. The molecule has 0 unspecified atom stereocenters. The van der Waals surface area contributed by atoms with Crippen LogP contribution >= 0.6 is 0 Å². The first-order valence-electron chi connectivity index (χ1n) is 7.42. The summed E-state index contributed by atoms with van der Waals surface area (Å²) in [6.45, 7) is 17.3. The molecule has 106 valence electrons. The molecule has 1 rings (SSSR count). The van der Waals surface area contributed by atoms with Crippen LogP contribution in [0.2, 0.25) is 0 Å². The molecule has 1 aliphatic heterocycles. The number of hydrogen-bond donors (Lipinski definition) is 1. The third kappa shape index (κ3) is 10.7. The third-order valence-electron chi connectivity index (χ3n) is 2.71. The zero-order chi connectivity index (χ0) is 13.5. The minimum absolute atomic E-state index is 0.301. The molecule has 0 aliphatic carbocycles. The van der Waals surface area contributed by atoms with Crippen LogP contribution in [0.15, 0.2) is 0 Å². The van der Waals surface area contributed by atoms with E-state index in [4.69, 9.17) is 5.11 Å². The highest BCUT2D eigenvalue weighted by Gasteiger charge is 2.14. The lowest BCUT2D eigenvalue weighted by Gasteiger charge is -2.34. The fourth-order valence-electron chi connectivity index (χ4n) is 1.76. The number of rotatable bonds is 5. The molecule has 0 saturated carbocycles. The Bertz CT molecular complexity index is 123. The number of piperazine rings is 1. The van der Waals surface area contributed by atoms with Crippen LogP contribution in [0.1, 0.15) is 47.5 Å². The summed E-state index contributed by atoms with van der Waals surface area (Å²) < 4.78 is 0. The summed E-state index contributed by atoms with van der Waals surface area (Å²) in [5.74, 6) is 0. The Morgan fingerprint density at radius 3 is 1.59 bits per heavy atom. The van der Waals surface area contributed by atoms with Crippen molar-refractivity contribution in [3.05, 3.63) is 0 Å². The Morgan fingerprint density at radius 1 is 0.824 bits per heavy atom. The van der Waals surface area contributed by atoms with Gasteiger partial charge in [-0.1, -0.05) is 41.0 Å². The van der Waals surface area contributed by atoms with Gasteiger partial charge in [-0.3, -0.25) is 4.90 Å². The van der Waals surface area contributed by atoms with Crippen LogP contribution in [-0.4, -0.2) is 60.8 Å². The molecule has 1 fully saturated rings. The second-order valence-electron chi connectivity index (χ2n) is 3.76. The van der Waals surface area contributed by atoms with Crippen molar-refractivity contribution < 1.29 is 5.11 Å². The zero-order valence-electron chi connectivity index (χ0n) is 12.7. The Hall–Kier alpha value is -0.120. The van der Waals surface area contributed by atoms with E-state index in [2.05, 4.69) is 16.7 Å². The molecule has 3 heteroatoms. The second kappa shape index (κ2) is 15.9. The molecule has 17 heavy (non-hydrogen) atoms. The highest BCUT2D eigenvalue weighted by atomic mass is 16.3. The van der Waals surface area contributed by atoms with Crippen LogP contribution in [0.4, 0.5) is 0 Å². The van der Waals surface area contributed by atoms with E-state index >= 15 is 0 Å². The van der Waals surface area contributed by atoms with E-state index in [1.54, 1.807) is 0 Å². The fraction of sp³-hybridized carbons (Fsp3) is 1.00. The highest BCUT2D eigenvalue weighted by molar-refractivity contribution is 4.71. The van der Waals surface area contributed by atoms with Crippen molar-refractivity contribution in [2.45, 2.75) is 47.5 Å². The summed E-state index contributed by atoms with van der Waals surface area (Å²) in [6.07, 6.45) is 2.61. The monoisotopic (exact) mass is 246 g/mol. The minimum Gasteiger partial charge on any atom is -0.395 e. The maximum atomic E-state index is 8.77. The fourth-order valence-corrected chi connectivity index (χ4v) is 1.76. The second-order valence-corrected chi connectivity index (χ2v) is 3.76. The normalized spacial score (nSPS) is 16.6. The minimum atomic E-state index is 0.301. The van der Waals surface area contributed by atoms with Crippen LogP contribution < -0.4 is 0 Å². The molecule has 0 spiro atoms. The van der Waals surface area contributed by atoms with E-state index in [1.165, 1.54) is 32.5 Å². The Labute approximate surface area is 109 Å². The summed E-state index contributed by atoms with van der Waals surface area (Å²) in [6, 6.07) is 0. The number of unbranched alkanes of at least 4 members (excludes halogenated alkanes) is 1. The first-order chi connectivity index (χ1) is 8.36. The van der Waals surface area contributed by atoms with Gasteiger partial charge in [-0.2, -0.15) is 0 Å². The summed E-state index contributed by atoms with van der Waals surface area (Å²) in [7, 11) is 0. The number of β-amino-alcohol motifs (C(OH)–C–C–N with tert-alkyl or cyclic N) is 1. The Kier molecular flexibility index (Phi) is 18.0. The van der Waals surface area contributed by atoms with Gasteiger partial charge in [0, 0.05) is 32.7 Å². The van der Waals surface area contributed by atoms with Crippen molar-refractivity contribution in [1.29, 1.82) is 0 Å². The zero-order valence-corrected chi connectivity index (χ0v) is 12.7. The van der Waals surface area contributed by atoms with Gasteiger partial charge in [0.25, 0.3) is 0 Å². The van der Waals surface area contributed by atoms with Crippen LogP contribution in [0.3, 0.4) is 0 Å². The van der Waals surface area contributed by atoms with Gasteiger partial charge in [0.2, 0.25) is 0 Å². The van der Waals surface area contributed by atoms with Crippen LogP contribution in [-0.2, 0) is 0 Å². The predicted octanol–water partition coefficient (Wildman–Crippen LogP) is 2.45. The van der Waals surface area contributed by atoms with E-state index in [0.717, 1.165) is 19.6 Å². The first kappa shape index (κ1) is 19.2. The van der Waals surface area contributed by atoms with Crippen molar-refractivity contribution in [3.63, 3.8) is 0 Å². The topological polar surface area (TPSA) is 26.7 Å². The van der Waals surface area contributed by atoms with Crippen molar-refractivity contribution in [3.8, 4) is 0 Å². The van der Waals surface area contributed by atoms with Crippen molar-refractivity contribution >= 4 is 0 Å². The van der Waals surface area contributed by atoms with Gasteiger partial charge in [-0.15, -0.1) is 0 Å². The highest BCUT2D eigenvalue weighted by Crippen LogP contribution is 2.02. The Balaban J connectivity index is 0. The Morgan fingerprint density at radius 2 is 1.24 bits per heavy atom. The molecular formula is C14H34N2O. The van der Waals surface area contributed by atoms with E-state index in [-0.39, 0.29) is 0 Å². The summed E-state index contributed by atoms with van der Waals surface area (Å²) in [5, 5.41) is 8.77. The predicted molar refractivity (Wildman–Crippen MR) is 77.6 cm³/mol. The van der Waals surface area contributed by atoms with Gasteiger partial charge in [0.05, 0.1) is 6.61 Å². The van der Waals surface area contributed by atoms with Crippen molar-refractivity contribution in [2.24, 2.45) is 0 Å². The summed E-state index contributed by atoms with van der Waals surface area (Å²) >= 11 is 0. The largest absolute Gasteiger partial charge is 0.395 e. The number of aliphatic hydroxyl groups is 1. The average Bonchev–Trinajstić information content (AvgIpc) is 2.43. The molecule has 1 N–H and O–H groups in total. The lowest BCUT2D eigenvalue weighted by Crippen LogP contribution is -2.47. The van der Waals surface area contributed by atoms with Crippen LogP contribution in [0.5, 0.6) is 0 Å². The molecule has 0 bridgehead atoms. The molecule has 1 heterocycles. The first-order valence-corrected chi connectivity index (χ1v) is 7.42. The van der Waals surface area contributed by atoms with Crippen molar-refractivity contribution in [1.82, 2.24) is 9.80 Å². The van der Waals surface area contributed by atoms with Crippen LogP contribution in [0, 0.1) is 0 Å². The maximum absolute atomic E-state index is 8.77. The van der Waals surface area contributed by atoms with Gasteiger partial charge in [-0.05, 0) is 13.0 Å². The number of hydrogen-bond acceptors (Lipinski definition) is 3. The van der Waals surface area contributed by atoms with Crippen molar-refractivity contribution in [2.75, 3.05) is 45.9 Å². The third-order valence-corrected chi connectivity index (χ3v) is 2.71. The number of nitrogens with zero attached hydrogens (tertiary/aromatic N) is 2. The molecule has 3 nitrogen and oxygen atoms in total. The molecule has 0 amide bonds. The van der Waals surface area contributed by atoms with Crippen LogP contribution in [0.25, 0.3) is 0 Å². The summed E-state index contributed by atoms with van der Waals surface area (Å²) in [4.78, 5) is 4.86. The van der Waals surface area contributed by atoms with Gasteiger partial charge in [-0.25, -0.2) is 0 Å². The SMILES string of the molecule is CC.CC.CCCCN1CCN(CCO)CC1. The molecule has 1 saturated heterocycles. The quantitative estimate of drug-likeness (QED) is 0.807. The molecular weight excluding hydrogens is 212 g/mol. The molecule has 1 aliphatic rings. The van der Waals surface area contributed by atoms with E-state index in [0.29, 0.717) is 6.61 Å².